The molecule has 2 bridgehead atoms. The summed E-state index contributed by atoms with van der Waals surface area (Å²) in [5.74, 6) is -2.26. The lowest BCUT2D eigenvalue weighted by Crippen LogP contribution is -2.53. The SMILES string of the molecule is C=C(Cl)CC1C=C(C(F)(F)F)C=C1C(=O)NC1C(C(=O)NC(C)C)[C@H]2CC[C@@H]1O2. The van der Waals surface area contributed by atoms with E-state index in [1.807, 2.05) is 13.8 Å². The molecule has 2 heterocycles. The summed E-state index contributed by atoms with van der Waals surface area (Å²) in [6.45, 7) is 7.18. The molecule has 0 aromatic heterocycles. The van der Waals surface area contributed by atoms with Gasteiger partial charge in [0.25, 0.3) is 0 Å². The first-order chi connectivity index (χ1) is 13.5. The maximum absolute atomic E-state index is 13.2. The lowest BCUT2D eigenvalue weighted by Gasteiger charge is -2.29. The summed E-state index contributed by atoms with van der Waals surface area (Å²) in [5, 5.41) is 5.75. The maximum atomic E-state index is 13.2. The van der Waals surface area contributed by atoms with Gasteiger partial charge in [0.05, 0.1) is 29.7 Å². The average molecular weight is 433 g/mol. The Labute approximate surface area is 172 Å². The second-order valence-electron chi connectivity index (χ2n) is 8.03. The standard InChI is InChI=1S/C20H24ClF3N2O3/c1-9(2)25-19(28)16-14-4-5-15(29-14)17(16)26-18(27)13-8-12(20(22,23)24)7-11(13)6-10(3)21/h7-9,11,14-17H,3-6H2,1-2H3,(H,25,28)(H,26,27)/t11?,14-,15+,16?,17?/m1/s1. The van der Waals surface area contributed by atoms with Crippen LogP contribution in [0.5, 0.6) is 0 Å². The van der Waals surface area contributed by atoms with Crippen molar-refractivity contribution in [2.24, 2.45) is 11.8 Å². The van der Waals surface area contributed by atoms with Gasteiger partial charge in [-0.3, -0.25) is 9.59 Å². The number of alkyl halides is 3. The first-order valence-corrected chi connectivity index (χ1v) is 9.95. The zero-order valence-corrected chi connectivity index (χ0v) is 16.9. The first kappa shape index (κ1) is 21.9. The highest BCUT2D eigenvalue weighted by molar-refractivity contribution is 6.29. The molecular weight excluding hydrogens is 409 g/mol. The van der Waals surface area contributed by atoms with Crippen molar-refractivity contribution < 1.29 is 27.5 Å². The van der Waals surface area contributed by atoms with Crippen molar-refractivity contribution >= 4 is 23.4 Å². The van der Waals surface area contributed by atoms with Crippen molar-refractivity contribution in [3.63, 3.8) is 0 Å². The number of fused-ring (bicyclic) bond motifs is 2. The number of halogens is 4. The Bertz CT molecular complexity index is 775. The predicted molar refractivity (Wildman–Crippen MR) is 102 cm³/mol. The van der Waals surface area contributed by atoms with Crippen LogP contribution in [-0.2, 0) is 14.3 Å². The number of allylic oxidation sites excluding steroid dienone is 4. The molecule has 2 amide bonds. The Balaban J connectivity index is 1.78. The van der Waals surface area contributed by atoms with Gasteiger partial charge in [-0.05, 0) is 39.2 Å². The van der Waals surface area contributed by atoms with E-state index in [0.29, 0.717) is 12.8 Å². The molecule has 0 aromatic rings. The normalized spacial score (nSPS) is 30.9. The summed E-state index contributed by atoms with van der Waals surface area (Å²) in [4.78, 5) is 25.5. The van der Waals surface area contributed by atoms with Crippen LogP contribution in [0.1, 0.15) is 33.1 Å². The molecular formula is C20H24ClF3N2O3. The Morgan fingerprint density at radius 3 is 2.55 bits per heavy atom. The van der Waals surface area contributed by atoms with E-state index >= 15 is 0 Å². The molecule has 3 aliphatic rings. The van der Waals surface area contributed by atoms with E-state index in [-0.39, 0.29) is 41.2 Å². The topological polar surface area (TPSA) is 67.4 Å². The predicted octanol–water partition coefficient (Wildman–Crippen LogP) is 3.36. The number of hydrogen-bond acceptors (Lipinski definition) is 3. The van der Waals surface area contributed by atoms with E-state index in [2.05, 4.69) is 17.2 Å². The van der Waals surface area contributed by atoms with Gasteiger partial charge < -0.3 is 15.4 Å². The molecule has 160 valence electrons. The van der Waals surface area contributed by atoms with Crippen molar-refractivity contribution in [1.29, 1.82) is 0 Å². The van der Waals surface area contributed by atoms with Gasteiger partial charge in [0.15, 0.2) is 0 Å². The highest BCUT2D eigenvalue weighted by Crippen LogP contribution is 2.41. The van der Waals surface area contributed by atoms with Crippen LogP contribution >= 0.6 is 11.6 Å². The Morgan fingerprint density at radius 2 is 1.97 bits per heavy atom. The van der Waals surface area contributed by atoms with Crippen molar-refractivity contribution in [1.82, 2.24) is 10.6 Å². The highest BCUT2D eigenvalue weighted by atomic mass is 35.5. The second-order valence-corrected chi connectivity index (χ2v) is 8.56. The molecule has 2 fully saturated rings. The molecule has 5 atom stereocenters. The van der Waals surface area contributed by atoms with E-state index < -0.39 is 35.5 Å². The van der Waals surface area contributed by atoms with Gasteiger partial charge in [-0.25, -0.2) is 0 Å². The summed E-state index contributed by atoms with van der Waals surface area (Å²) >= 11 is 5.79. The first-order valence-electron chi connectivity index (χ1n) is 9.58. The van der Waals surface area contributed by atoms with Gasteiger partial charge >= 0.3 is 6.18 Å². The van der Waals surface area contributed by atoms with Crippen LogP contribution in [0.2, 0.25) is 0 Å². The minimum atomic E-state index is -4.57. The monoisotopic (exact) mass is 432 g/mol. The third-order valence-electron chi connectivity index (χ3n) is 5.43. The van der Waals surface area contributed by atoms with Crippen molar-refractivity contribution in [3.8, 4) is 0 Å². The fourth-order valence-electron chi connectivity index (χ4n) is 4.26. The van der Waals surface area contributed by atoms with E-state index in [4.69, 9.17) is 16.3 Å². The summed E-state index contributed by atoms with van der Waals surface area (Å²) in [5.41, 5.74) is -0.922. The summed E-state index contributed by atoms with van der Waals surface area (Å²) in [7, 11) is 0. The van der Waals surface area contributed by atoms with Gasteiger partial charge in [-0.15, -0.1) is 0 Å². The number of carbonyl (C=O) groups excluding carboxylic acids is 2. The molecule has 0 spiro atoms. The van der Waals surface area contributed by atoms with Gasteiger partial charge in [0.1, 0.15) is 0 Å². The average Bonchev–Trinajstić information content (AvgIpc) is 3.26. The van der Waals surface area contributed by atoms with Crippen LogP contribution in [0.25, 0.3) is 0 Å². The molecule has 0 aromatic carbocycles. The third-order valence-corrected chi connectivity index (χ3v) is 5.58. The van der Waals surface area contributed by atoms with Crippen molar-refractivity contribution in [2.75, 3.05) is 0 Å². The van der Waals surface area contributed by atoms with Gasteiger partial charge in [-0.2, -0.15) is 13.2 Å². The molecule has 2 N–H and O–H groups in total. The van der Waals surface area contributed by atoms with Crippen LogP contribution in [0.3, 0.4) is 0 Å². The van der Waals surface area contributed by atoms with Gasteiger partial charge in [0, 0.05) is 22.6 Å². The zero-order valence-electron chi connectivity index (χ0n) is 16.2. The summed E-state index contributed by atoms with van der Waals surface area (Å²) < 4.78 is 45.3. The zero-order chi connectivity index (χ0) is 21.5. The summed E-state index contributed by atoms with van der Waals surface area (Å²) in [6.07, 6.45) is -1.94. The molecule has 2 saturated heterocycles. The summed E-state index contributed by atoms with van der Waals surface area (Å²) in [6, 6.07) is -0.663. The second kappa shape index (κ2) is 8.14. The quantitative estimate of drug-likeness (QED) is 0.676. The number of carbonyl (C=O) groups is 2. The minimum Gasteiger partial charge on any atom is -0.372 e. The molecule has 5 nitrogen and oxygen atoms in total. The van der Waals surface area contributed by atoms with Crippen LogP contribution in [-0.4, -0.2) is 42.3 Å². The number of nitrogens with one attached hydrogen (secondary N) is 2. The molecule has 0 saturated carbocycles. The fraction of sp³-hybridized carbons (Fsp3) is 0.600. The van der Waals surface area contributed by atoms with Gasteiger partial charge in [-0.1, -0.05) is 24.3 Å². The molecule has 0 radical (unpaired) electrons. The number of hydrogen-bond donors (Lipinski definition) is 2. The number of amides is 2. The van der Waals surface area contributed by atoms with Crippen LogP contribution < -0.4 is 10.6 Å². The molecule has 1 aliphatic carbocycles. The molecule has 3 rings (SSSR count). The largest absolute Gasteiger partial charge is 0.416 e. The smallest absolute Gasteiger partial charge is 0.372 e. The molecule has 2 aliphatic heterocycles. The van der Waals surface area contributed by atoms with Crippen LogP contribution in [0.4, 0.5) is 13.2 Å². The fourth-order valence-corrected chi connectivity index (χ4v) is 4.42. The Hall–Kier alpha value is -1.80. The van der Waals surface area contributed by atoms with E-state index in [9.17, 15) is 22.8 Å². The van der Waals surface area contributed by atoms with Crippen molar-refractivity contribution in [2.45, 2.75) is 63.6 Å². The van der Waals surface area contributed by atoms with E-state index in [1.54, 1.807) is 0 Å². The highest BCUT2D eigenvalue weighted by Gasteiger charge is 2.53. The Morgan fingerprint density at radius 1 is 1.31 bits per heavy atom. The molecule has 9 heteroatoms. The maximum Gasteiger partial charge on any atom is 0.416 e. The van der Waals surface area contributed by atoms with Crippen LogP contribution in [0.15, 0.2) is 34.9 Å². The van der Waals surface area contributed by atoms with E-state index in [0.717, 1.165) is 12.2 Å². The molecule has 3 unspecified atom stereocenters. The lowest BCUT2D eigenvalue weighted by molar-refractivity contribution is -0.128. The lowest BCUT2D eigenvalue weighted by atomic mass is 9.83. The Kier molecular flexibility index (Phi) is 6.15. The third kappa shape index (κ3) is 4.69. The van der Waals surface area contributed by atoms with Crippen LogP contribution in [0, 0.1) is 11.8 Å². The molecule has 29 heavy (non-hydrogen) atoms. The van der Waals surface area contributed by atoms with Crippen molar-refractivity contribution in [3.05, 3.63) is 34.9 Å². The number of ether oxygens (including phenoxy) is 1. The minimum absolute atomic E-state index is 0.0187. The number of rotatable bonds is 6. The van der Waals surface area contributed by atoms with Gasteiger partial charge in [0.2, 0.25) is 11.8 Å². The van der Waals surface area contributed by atoms with E-state index in [1.165, 1.54) is 0 Å².